The molecule has 0 amide bonds. The van der Waals surface area contributed by atoms with Gasteiger partial charge in [0, 0.05) is 31.5 Å². The van der Waals surface area contributed by atoms with Gasteiger partial charge in [0.1, 0.15) is 4.88 Å². The molecule has 2 aromatic heterocycles. The SMILES string of the molecule is CCOC(=O)c1ccc(-c2cccc3cc(Cc4ccccc4Cl)sc23)s1. The highest BCUT2D eigenvalue weighted by molar-refractivity contribution is 7.21. The average molecular weight is 413 g/mol. The zero-order chi connectivity index (χ0) is 18.8. The summed E-state index contributed by atoms with van der Waals surface area (Å²) in [5.74, 6) is -0.258. The molecule has 0 aliphatic carbocycles. The zero-order valence-electron chi connectivity index (χ0n) is 14.7. The first-order chi connectivity index (χ1) is 13.2. The predicted molar refractivity (Wildman–Crippen MR) is 115 cm³/mol. The van der Waals surface area contributed by atoms with E-state index in [1.165, 1.54) is 26.3 Å². The van der Waals surface area contributed by atoms with E-state index in [0.29, 0.717) is 11.5 Å². The average Bonchev–Trinajstić information content (AvgIpc) is 3.30. The van der Waals surface area contributed by atoms with E-state index >= 15 is 0 Å². The van der Waals surface area contributed by atoms with Crippen molar-refractivity contribution < 1.29 is 9.53 Å². The number of halogens is 1. The van der Waals surface area contributed by atoms with E-state index in [1.807, 2.05) is 37.3 Å². The molecule has 0 aliphatic heterocycles. The molecule has 0 spiro atoms. The maximum atomic E-state index is 12.0. The summed E-state index contributed by atoms with van der Waals surface area (Å²) >= 11 is 9.58. The molecule has 0 fully saturated rings. The second-order valence-electron chi connectivity index (χ2n) is 6.09. The maximum absolute atomic E-state index is 12.0. The monoisotopic (exact) mass is 412 g/mol. The lowest BCUT2D eigenvalue weighted by Gasteiger charge is -2.01. The number of carbonyl (C=O) groups excluding carboxylic acids is 1. The minimum atomic E-state index is -0.258. The van der Waals surface area contributed by atoms with Gasteiger partial charge in [-0.15, -0.1) is 22.7 Å². The van der Waals surface area contributed by atoms with Crippen LogP contribution in [0.25, 0.3) is 20.5 Å². The fraction of sp³-hybridized carbons (Fsp3) is 0.136. The van der Waals surface area contributed by atoms with Crippen LogP contribution in [-0.4, -0.2) is 12.6 Å². The summed E-state index contributed by atoms with van der Waals surface area (Å²) < 4.78 is 6.34. The summed E-state index contributed by atoms with van der Waals surface area (Å²) in [4.78, 5) is 15.0. The van der Waals surface area contributed by atoms with Gasteiger partial charge in [0.2, 0.25) is 0 Å². The second-order valence-corrected chi connectivity index (χ2v) is 8.72. The quantitative estimate of drug-likeness (QED) is 0.328. The number of carbonyl (C=O) groups is 1. The van der Waals surface area contributed by atoms with E-state index in [0.717, 1.165) is 27.4 Å². The minimum Gasteiger partial charge on any atom is -0.462 e. The van der Waals surface area contributed by atoms with E-state index in [4.69, 9.17) is 16.3 Å². The molecule has 2 heterocycles. The molecule has 0 aliphatic rings. The first-order valence-corrected chi connectivity index (χ1v) is 10.7. The number of hydrogen-bond donors (Lipinski definition) is 0. The van der Waals surface area contributed by atoms with Crippen LogP contribution in [0.1, 0.15) is 27.0 Å². The Morgan fingerprint density at radius 3 is 2.70 bits per heavy atom. The van der Waals surface area contributed by atoms with Gasteiger partial charge in [-0.1, -0.05) is 48.0 Å². The van der Waals surface area contributed by atoms with Gasteiger partial charge in [-0.25, -0.2) is 4.79 Å². The number of rotatable bonds is 5. The van der Waals surface area contributed by atoms with Crippen molar-refractivity contribution in [3.8, 4) is 10.4 Å². The minimum absolute atomic E-state index is 0.258. The predicted octanol–water partition coefficient (Wildman–Crippen LogP) is 7.05. The Labute approximate surface area is 171 Å². The highest BCUT2D eigenvalue weighted by atomic mass is 35.5. The fourth-order valence-electron chi connectivity index (χ4n) is 3.02. The van der Waals surface area contributed by atoms with Crippen molar-refractivity contribution in [2.45, 2.75) is 13.3 Å². The first-order valence-electron chi connectivity index (χ1n) is 8.68. The van der Waals surface area contributed by atoms with Crippen LogP contribution in [0.2, 0.25) is 5.02 Å². The molecule has 4 aromatic rings. The van der Waals surface area contributed by atoms with Gasteiger partial charge in [-0.2, -0.15) is 0 Å². The summed E-state index contributed by atoms with van der Waals surface area (Å²) in [6.07, 6.45) is 0.816. The number of thiophene rings is 2. The Balaban J connectivity index is 1.70. The number of ether oxygens (including phenoxy) is 1. The molecule has 0 bridgehead atoms. The topological polar surface area (TPSA) is 26.3 Å². The van der Waals surface area contributed by atoms with Crippen LogP contribution in [-0.2, 0) is 11.2 Å². The van der Waals surface area contributed by atoms with Gasteiger partial charge in [0.05, 0.1) is 6.61 Å². The summed E-state index contributed by atoms with van der Waals surface area (Å²) in [6.45, 7) is 2.21. The lowest BCUT2D eigenvalue weighted by molar-refractivity contribution is 0.0532. The molecular formula is C22H17ClO2S2. The molecule has 0 radical (unpaired) electrons. The molecular weight excluding hydrogens is 396 g/mol. The van der Waals surface area contributed by atoms with Crippen molar-refractivity contribution in [3.63, 3.8) is 0 Å². The van der Waals surface area contributed by atoms with Crippen LogP contribution in [0.4, 0.5) is 0 Å². The van der Waals surface area contributed by atoms with Crippen molar-refractivity contribution >= 4 is 50.3 Å². The lowest BCUT2D eigenvalue weighted by Crippen LogP contribution is -2.01. The Morgan fingerprint density at radius 2 is 1.89 bits per heavy atom. The van der Waals surface area contributed by atoms with Gasteiger partial charge in [-0.3, -0.25) is 0 Å². The van der Waals surface area contributed by atoms with Crippen LogP contribution in [0.5, 0.6) is 0 Å². The largest absolute Gasteiger partial charge is 0.462 e. The summed E-state index contributed by atoms with van der Waals surface area (Å²) in [5.41, 5.74) is 2.29. The molecule has 5 heteroatoms. The Morgan fingerprint density at radius 1 is 1.04 bits per heavy atom. The smallest absolute Gasteiger partial charge is 0.348 e. The number of hydrogen-bond acceptors (Lipinski definition) is 4. The van der Waals surface area contributed by atoms with Crippen molar-refractivity contribution in [3.05, 3.63) is 81.0 Å². The van der Waals surface area contributed by atoms with E-state index in [-0.39, 0.29) is 5.97 Å². The third-order valence-electron chi connectivity index (χ3n) is 4.27. The van der Waals surface area contributed by atoms with Crippen molar-refractivity contribution in [1.29, 1.82) is 0 Å². The van der Waals surface area contributed by atoms with Crippen LogP contribution >= 0.6 is 34.3 Å². The molecule has 0 atom stereocenters. The number of fused-ring (bicyclic) bond motifs is 1. The van der Waals surface area contributed by atoms with Gasteiger partial charge in [-0.05, 0) is 42.1 Å². The molecule has 27 heavy (non-hydrogen) atoms. The van der Waals surface area contributed by atoms with E-state index in [9.17, 15) is 4.79 Å². The van der Waals surface area contributed by atoms with E-state index in [1.54, 1.807) is 11.3 Å². The normalized spacial score (nSPS) is 11.0. The van der Waals surface area contributed by atoms with Crippen molar-refractivity contribution in [1.82, 2.24) is 0 Å². The zero-order valence-corrected chi connectivity index (χ0v) is 17.1. The molecule has 136 valence electrons. The van der Waals surface area contributed by atoms with Crippen LogP contribution in [0, 0.1) is 0 Å². The molecule has 2 aromatic carbocycles. The van der Waals surface area contributed by atoms with Crippen LogP contribution in [0.3, 0.4) is 0 Å². The number of benzene rings is 2. The van der Waals surface area contributed by atoms with Crippen molar-refractivity contribution in [2.75, 3.05) is 6.61 Å². The molecule has 0 N–H and O–H groups in total. The lowest BCUT2D eigenvalue weighted by atomic mass is 10.1. The highest BCUT2D eigenvalue weighted by Gasteiger charge is 2.14. The molecule has 0 saturated heterocycles. The molecule has 2 nitrogen and oxygen atoms in total. The Kier molecular flexibility index (Phi) is 5.30. The third-order valence-corrected chi connectivity index (χ3v) is 6.92. The van der Waals surface area contributed by atoms with Gasteiger partial charge < -0.3 is 4.74 Å². The standard InChI is InChI=1S/C22H17ClO2S2/c1-2-25-22(24)20-11-10-19(27-20)17-8-5-7-15-13-16(26-21(15)17)12-14-6-3-4-9-18(14)23/h3-11,13H,2,12H2,1H3. The molecule has 4 rings (SSSR count). The summed E-state index contributed by atoms with van der Waals surface area (Å²) in [5, 5.41) is 2.01. The van der Waals surface area contributed by atoms with Crippen LogP contribution < -0.4 is 0 Å². The summed E-state index contributed by atoms with van der Waals surface area (Å²) in [7, 11) is 0. The fourth-order valence-corrected chi connectivity index (χ4v) is 5.43. The summed E-state index contributed by atoms with van der Waals surface area (Å²) in [6, 6.07) is 20.3. The van der Waals surface area contributed by atoms with Gasteiger partial charge in [0.15, 0.2) is 0 Å². The van der Waals surface area contributed by atoms with Gasteiger partial charge in [0.25, 0.3) is 0 Å². The van der Waals surface area contributed by atoms with Crippen molar-refractivity contribution in [2.24, 2.45) is 0 Å². The van der Waals surface area contributed by atoms with Gasteiger partial charge >= 0.3 is 5.97 Å². The van der Waals surface area contributed by atoms with E-state index < -0.39 is 0 Å². The highest BCUT2D eigenvalue weighted by Crippen LogP contribution is 2.39. The first kappa shape index (κ1) is 18.2. The maximum Gasteiger partial charge on any atom is 0.348 e. The molecule has 0 unspecified atom stereocenters. The number of esters is 1. The van der Waals surface area contributed by atoms with E-state index in [2.05, 4.69) is 30.3 Å². The molecule has 0 saturated carbocycles. The Hall–Kier alpha value is -2.14. The third kappa shape index (κ3) is 3.79. The van der Waals surface area contributed by atoms with Crippen LogP contribution in [0.15, 0.2) is 60.7 Å². The Bertz CT molecular complexity index is 1110. The second kappa shape index (κ2) is 7.85.